The van der Waals surface area contributed by atoms with Crippen LogP contribution < -0.4 is 9.47 Å². The van der Waals surface area contributed by atoms with Gasteiger partial charge in [-0.05, 0) is 43.3 Å². The molecule has 28 heavy (non-hydrogen) atoms. The largest absolute Gasteiger partial charge is 0.490 e. The standard InChI is InChI=1S/C23H21ClN2O2/c1-17-10-12-18(13-11-17)28-16-23-25-20-7-3-4-8-21(20)26(23)14-15-27-22-9-5-2-6-19(22)24/h2-13H,14-16H2,1H3. The Morgan fingerprint density at radius 1 is 0.893 bits per heavy atom. The Hall–Kier alpha value is -2.98. The first-order chi connectivity index (χ1) is 13.7. The minimum absolute atomic E-state index is 0.393. The lowest BCUT2D eigenvalue weighted by atomic mass is 10.2. The number of aromatic nitrogens is 2. The van der Waals surface area contributed by atoms with Crippen LogP contribution in [0, 0.1) is 6.92 Å². The van der Waals surface area contributed by atoms with Crippen LogP contribution in [0.25, 0.3) is 11.0 Å². The van der Waals surface area contributed by atoms with Crippen molar-refractivity contribution in [2.45, 2.75) is 20.1 Å². The molecule has 1 aromatic heterocycles. The minimum atomic E-state index is 0.393. The van der Waals surface area contributed by atoms with Gasteiger partial charge in [-0.3, -0.25) is 0 Å². The van der Waals surface area contributed by atoms with E-state index in [1.165, 1.54) is 5.56 Å². The van der Waals surface area contributed by atoms with Gasteiger partial charge in [0.25, 0.3) is 0 Å². The van der Waals surface area contributed by atoms with Crippen molar-refractivity contribution in [1.82, 2.24) is 9.55 Å². The van der Waals surface area contributed by atoms with Gasteiger partial charge in [-0.15, -0.1) is 0 Å². The van der Waals surface area contributed by atoms with Crippen molar-refractivity contribution in [2.24, 2.45) is 0 Å². The number of imidazole rings is 1. The van der Waals surface area contributed by atoms with E-state index in [4.69, 9.17) is 26.1 Å². The molecule has 0 radical (unpaired) electrons. The summed E-state index contributed by atoms with van der Waals surface area (Å²) in [7, 11) is 0. The lowest BCUT2D eigenvalue weighted by molar-refractivity contribution is 0.272. The van der Waals surface area contributed by atoms with Crippen LogP contribution in [0.2, 0.25) is 5.02 Å². The average Bonchev–Trinajstić information content (AvgIpc) is 3.07. The third-order valence-corrected chi connectivity index (χ3v) is 4.84. The second kappa shape index (κ2) is 8.36. The average molecular weight is 393 g/mol. The summed E-state index contributed by atoms with van der Waals surface area (Å²) in [6.45, 7) is 3.59. The second-order valence-corrected chi connectivity index (χ2v) is 6.96. The van der Waals surface area contributed by atoms with E-state index in [9.17, 15) is 0 Å². The number of para-hydroxylation sites is 3. The highest BCUT2D eigenvalue weighted by Gasteiger charge is 2.11. The highest BCUT2D eigenvalue weighted by Crippen LogP contribution is 2.24. The van der Waals surface area contributed by atoms with E-state index in [2.05, 4.69) is 17.6 Å². The zero-order valence-corrected chi connectivity index (χ0v) is 16.4. The first kappa shape index (κ1) is 18.4. The number of hydrogen-bond acceptors (Lipinski definition) is 3. The fourth-order valence-electron chi connectivity index (χ4n) is 3.08. The van der Waals surface area contributed by atoms with Crippen molar-refractivity contribution < 1.29 is 9.47 Å². The fraction of sp³-hybridized carbons (Fsp3) is 0.174. The summed E-state index contributed by atoms with van der Waals surface area (Å²) in [5, 5.41) is 0.612. The molecule has 3 aromatic carbocycles. The Balaban J connectivity index is 1.51. The molecule has 0 fully saturated rings. The van der Waals surface area contributed by atoms with E-state index < -0.39 is 0 Å². The normalized spacial score (nSPS) is 10.9. The van der Waals surface area contributed by atoms with Crippen LogP contribution in [-0.2, 0) is 13.2 Å². The monoisotopic (exact) mass is 392 g/mol. The molecule has 0 bridgehead atoms. The van der Waals surface area contributed by atoms with Crippen molar-refractivity contribution in [2.75, 3.05) is 6.61 Å². The second-order valence-electron chi connectivity index (χ2n) is 6.55. The lowest BCUT2D eigenvalue weighted by Gasteiger charge is -2.12. The van der Waals surface area contributed by atoms with Gasteiger partial charge < -0.3 is 14.0 Å². The van der Waals surface area contributed by atoms with E-state index in [-0.39, 0.29) is 0 Å². The summed E-state index contributed by atoms with van der Waals surface area (Å²) in [6, 6.07) is 23.6. The van der Waals surface area contributed by atoms with Crippen molar-refractivity contribution in [3.63, 3.8) is 0 Å². The molecular weight excluding hydrogens is 372 g/mol. The van der Waals surface area contributed by atoms with E-state index in [0.717, 1.165) is 22.6 Å². The van der Waals surface area contributed by atoms with E-state index >= 15 is 0 Å². The molecule has 0 aliphatic heterocycles. The van der Waals surface area contributed by atoms with Gasteiger partial charge in [-0.1, -0.05) is 53.6 Å². The Labute approximate surface area is 169 Å². The molecule has 0 atom stereocenters. The molecule has 1 heterocycles. The van der Waals surface area contributed by atoms with Gasteiger partial charge in [0.2, 0.25) is 0 Å². The number of aryl methyl sites for hydroxylation is 1. The quantitative estimate of drug-likeness (QED) is 0.407. The number of nitrogens with zero attached hydrogens (tertiary/aromatic N) is 2. The summed E-state index contributed by atoms with van der Waals surface area (Å²) >= 11 is 6.18. The molecule has 4 nitrogen and oxygen atoms in total. The van der Waals surface area contributed by atoms with Gasteiger partial charge in [0, 0.05) is 0 Å². The molecule has 4 rings (SSSR count). The van der Waals surface area contributed by atoms with Gasteiger partial charge in [0.15, 0.2) is 0 Å². The molecule has 4 aromatic rings. The highest BCUT2D eigenvalue weighted by molar-refractivity contribution is 6.32. The van der Waals surface area contributed by atoms with Crippen LogP contribution in [0.1, 0.15) is 11.4 Å². The molecule has 0 aliphatic carbocycles. The number of ether oxygens (including phenoxy) is 2. The lowest BCUT2D eigenvalue weighted by Crippen LogP contribution is -2.13. The predicted octanol–water partition coefficient (Wildman–Crippen LogP) is 5.66. The maximum atomic E-state index is 6.18. The van der Waals surface area contributed by atoms with Gasteiger partial charge in [0.1, 0.15) is 30.5 Å². The smallest absolute Gasteiger partial charge is 0.148 e. The molecule has 0 spiro atoms. The van der Waals surface area contributed by atoms with Gasteiger partial charge >= 0.3 is 0 Å². The van der Waals surface area contributed by atoms with Crippen LogP contribution in [0.4, 0.5) is 0 Å². The third-order valence-electron chi connectivity index (χ3n) is 4.53. The number of hydrogen-bond donors (Lipinski definition) is 0. The minimum Gasteiger partial charge on any atom is -0.490 e. The molecule has 0 N–H and O–H groups in total. The van der Waals surface area contributed by atoms with Crippen molar-refractivity contribution in [3.8, 4) is 11.5 Å². The van der Waals surface area contributed by atoms with E-state index in [1.54, 1.807) is 0 Å². The Bertz CT molecular complexity index is 1070. The summed E-state index contributed by atoms with van der Waals surface area (Å²) in [6.07, 6.45) is 0. The zero-order chi connectivity index (χ0) is 19.3. The number of halogens is 1. The van der Waals surface area contributed by atoms with E-state index in [0.29, 0.717) is 30.5 Å². The SMILES string of the molecule is Cc1ccc(OCc2nc3ccccc3n2CCOc2ccccc2Cl)cc1. The number of rotatable bonds is 7. The highest BCUT2D eigenvalue weighted by atomic mass is 35.5. The maximum absolute atomic E-state index is 6.18. The topological polar surface area (TPSA) is 36.3 Å². The maximum Gasteiger partial charge on any atom is 0.148 e. The first-order valence-corrected chi connectivity index (χ1v) is 9.59. The van der Waals surface area contributed by atoms with E-state index in [1.807, 2.05) is 66.7 Å². The molecular formula is C23H21ClN2O2. The Morgan fingerprint density at radius 2 is 1.64 bits per heavy atom. The molecule has 0 saturated carbocycles. The molecule has 0 saturated heterocycles. The Kier molecular flexibility index (Phi) is 5.49. The van der Waals surface area contributed by atoms with Crippen LogP contribution in [0.3, 0.4) is 0 Å². The third kappa shape index (κ3) is 4.12. The fourth-order valence-corrected chi connectivity index (χ4v) is 3.27. The van der Waals surface area contributed by atoms with Crippen LogP contribution in [0.5, 0.6) is 11.5 Å². The van der Waals surface area contributed by atoms with Crippen LogP contribution in [-0.4, -0.2) is 16.2 Å². The molecule has 0 amide bonds. The van der Waals surface area contributed by atoms with Crippen molar-refractivity contribution in [1.29, 1.82) is 0 Å². The zero-order valence-electron chi connectivity index (χ0n) is 15.6. The van der Waals surface area contributed by atoms with Crippen molar-refractivity contribution in [3.05, 3.63) is 89.2 Å². The van der Waals surface area contributed by atoms with Gasteiger partial charge in [-0.25, -0.2) is 4.98 Å². The van der Waals surface area contributed by atoms with Crippen LogP contribution in [0.15, 0.2) is 72.8 Å². The first-order valence-electron chi connectivity index (χ1n) is 9.21. The molecule has 0 unspecified atom stereocenters. The Morgan fingerprint density at radius 3 is 2.46 bits per heavy atom. The summed E-state index contributed by atoms with van der Waals surface area (Å²) in [5.41, 5.74) is 3.21. The molecule has 0 aliphatic rings. The predicted molar refractivity (Wildman–Crippen MR) is 112 cm³/mol. The molecule has 142 valence electrons. The number of fused-ring (bicyclic) bond motifs is 1. The summed E-state index contributed by atoms with van der Waals surface area (Å²) < 4.78 is 14.0. The van der Waals surface area contributed by atoms with Crippen molar-refractivity contribution >= 4 is 22.6 Å². The van der Waals surface area contributed by atoms with Gasteiger partial charge in [-0.2, -0.15) is 0 Å². The summed E-state index contributed by atoms with van der Waals surface area (Å²) in [4.78, 5) is 4.74. The number of benzene rings is 3. The molecule has 5 heteroatoms. The van der Waals surface area contributed by atoms with Crippen LogP contribution >= 0.6 is 11.6 Å². The summed E-state index contributed by atoms with van der Waals surface area (Å²) in [5.74, 6) is 2.38. The van der Waals surface area contributed by atoms with Gasteiger partial charge in [0.05, 0.1) is 22.6 Å².